The van der Waals surface area contributed by atoms with Crippen LogP contribution in [0, 0.1) is 0 Å². The molecule has 5 rings (SSSR count). The number of aliphatic hydroxyl groups is 1. The minimum Gasteiger partial charge on any atom is -0.387 e. The van der Waals surface area contributed by atoms with Gasteiger partial charge in [-0.2, -0.15) is 0 Å². The second-order valence-corrected chi connectivity index (χ2v) is 10.5. The van der Waals surface area contributed by atoms with Crippen LogP contribution in [0.25, 0.3) is 21.9 Å². The molecule has 41 heavy (non-hydrogen) atoms. The number of nitrogens with one attached hydrogen (secondary N) is 1. The Morgan fingerprint density at radius 3 is 2.20 bits per heavy atom. The third-order valence-corrected chi connectivity index (χ3v) is 8.05. The van der Waals surface area contributed by atoms with Crippen LogP contribution in [0.4, 0.5) is 5.69 Å². The van der Waals surface area contributed by atoms with E-state index in [0.717, 1.165) is 0 Å². The number of imidazole rings is 1. The van der Waals surface area contributed by atoms with E-state index in [1.165, 1.54) is 9.13 Å². The first-order valence-electron chi connectivity index (χ1n) is 13.5. The number of aromatic nitrogens is 4. The number of anilines is 1. The Bertz CT molecular complexity index is 1880. The smallest absolute Gasteiger partial charge is 0.331 e. The van der Waals surface area contributed by atoms with Gasteiger partial charge in [-0.15, -0.1) is 0 Å². The summed E-state index contributed by atoms with van der Waals surface area (Å²) in [5.74, 6) is -1.06. The molecule has 0 saturated carbocycles. The maximum absolute atomic E-state index is 13.8. The van der Waals surface area contributed by atoms with Gasteiger partial charge in [0.15, 0.2) is 0 Å². The number of aliphatic hydroxyl groups excluding tert-OH is 1. The van der Waals surface area contributed by atoms with E-state index < -0.39 is 29.8 Å². The summed E-state index contributed by atoms with van der Waals surface area (Å²) in [4.78, 5) is 66.9. The number of fused-ring (bicyclic) bond motifs is 2. The fourth-order valence-electron chi connectivity index (χ4n) is 5.72. The Balaban J connectivity index is 1.49. The number of rotatable bonds is 6. The predicted octanol–water partition coefficient (Wildman–Crippen LogP) is 1.92. The summed E-state index contributed by atoms with van der Waals surface area (Å²) in [6.45, 7) is 4.21. The van der Waals surface area contributed by atoms with Gasteiger partial charge in [0.25, 0.3) is 11.5 Å². The molecule has 12 nitrogen and oxygen atoms in total. The van der Waals surface area contributed by atoms with Crippen molar-refractivity contribution in [2.75, 3.05) is 25.0 Å². The number of benzene rings is 2. The van der Waals surface area contributed by atoms with Crippen LogP contribution in [-0.4, -0.2) is 59.8 Å². The fraction of sp³-hybridized carbons (Fsp3) is 0.393. The lowest BCUT2D eigenvalue weighted by Gasteiger charge is -2.33. The molecule has 2 N–H and O–H groups in total. The summed E-state index contributed by atoms with van der Waals surface area (Å²) in [5, 5.41) is 12.7. The monoisotopic (exact) mass is 582 g/mol. The lowest BCUT2D eigenvalue weighted by molar-refractivity contribution is -0.118. The number of nitrogens with zero attached hydrogens (tertiary/aromatic N) is 5. The summed E-state index contributed by atoms with van der Waals surface area (Å²) in [5.41, 5.74) is 0.901. The molecule has 2 amide bonds. The quantitative estimate of drug-likeness (QED) is 0.356. The largest absolute Gasteiger partial charge is 0.387 e. The van der Waals surface area contributed by atoms with Gasteiger partial charge in [0.05, 0.1) is 33.2 Å². The maximum atomic E-state index is 13.8. The highest BCUT2D eigenvalue weighted by Crippen LogP contribution is 2.28. The topological polar surface area (TPSA) is 141 Å². The average Bonchev–Trinajstić information content (AvgIpc) is 3.24. The van der Waals surface area contributed by atoms with Crippen LogP contribution in [-0.2, 0) is 24.9 Å². The number of carbonyl (C=O) groups is 2. The van der Waals surface area contributed by atoms with Crippen LogP contribution in [0.2, 0.25) is 5.02 Å². The minimum absolute atomic E-state index is 0.182. The molecular weight excluding hydrogens is 552 g/mol. The maximum Gasteiger partial charge on any atom is 0.331 e. The van der Waals surface area contributed by atoms with Gasteiger partial charge in [0.2, 0.25) is 5.91 Å². The van der Waals surface area contributed by atoms with Crippen molar-refractivity contribution in [3.63, 3.8) is 0 Å². The molecular formula is C28H31ClN6O6. The van der Waals surface area contributed by atoms with Crippen molar-refractivity contribution in [2.24, 2.45) is 7.05 Å². The fourth-order valence-corrected chi connectivity index (χ4v) is 5.89. The number of piperidine rings is 1. The highest BCUT2D eigenvalue weighted by atomic mass is 35.5. The Morgan fingerprint density at radius 1 is 0.951 bits per heavy atom. The normalized spacial score (nSPS) is 14.2. The molecule has 0 atom stereocenters. The summed E-state index contributed by atoms with van der Waals surface area (Å²) in [7, 11) is 1.60. The van der Waals surface area contributed by atoms with Crippen molar-refractivity contribution in [3.05, 3.63) is 72.2 Å². The SMILES string of the molecule is CCn1c(=O)n(CC)c2cc(C(=O)N3CCC(n4c(=O)c5cc(Cl)ccc5n(C)c4=O)CC3)c(NC(=O)CO)cc21. The molecule has 1 fully saturated rings. The molecule has 1 aliphatic heterocycles. The van der Waals surface area contributed by atoms with E-state index in [9.17, 15) is 29.1 Å². The van der Waals surface area contributed by atoms with Gasteiger partial charge in [-0.3, -0.25) is 32.7 Å². The number of hydrogen-bond donors (Lipinski definition) is 2. The molecule has 1 saturated heterocycles. The standard InChI is InChI=1S/C28H31ClN6O6/c1-4-33-22-13-18(20(30-24(37)15-36)14-23(22)34(5-2)28(33)41)25(38)32-10-8-17(9-11-32)35-26(39)19-12-16(29)6-7-21(19)31(3)27(35)40/h6-7,12-14,17,36H,4-5,8-11,15H2,1-3H3,(H,30,37). The van der Waals surface area contributed by atoms with Gasteiger partial charge >= 0.3 is 11.4 Å². The average molecular weight is 583 g/mol. The Morgan fingerprint density at radius 2 is 1.59 bits per heavy atom. The molecule has 0 aliphatic carbocycles. The van der Waals surface area contributed by atoms with Crippen molar-refractivity contribution in [1.29, 1.82) is 0 Å². The number of likely N-dealkylation sites (tertiary alicyclic amines) is 1. The van der Waals surface area contributed by atoms with Crippen molar-refractivity contribution in [3.8, 4) is 0 Å². The zero-order valence-corrected chi connectivity index (χ0v) is 23.8. The lowest BCUT2D eigenvalue weighted by atomic mass is 10.0. The van der Waals surface area contributed by atoms with Gasteiger partial charge in [0, 0.05) is 44.3 Å². The molecule has 4 aromatic rings. The van der Waals surface area contributed by atoms with Gasteiger partial charge in [0.1, 0.15) is 6.61 Å². The van der Waals surface area contributed by atoms with Crippen molar-refractivity contribution in [2.45, 2.75) is 45.8 Å². The van der Waals surface area contributed by atoms with E-state index in [1.807, 2.05) is 13.8 Å². The third kappa shape index (κ3) is 4.76. The summed E-state index contributed by atoms with van der Waals surface area (Å²) in [6, 6.07) is 7.58. The molecule has 0 radical (unpaired) electrons. The number of hydrogen-bond acceptors (Lipinski definition) is 6. The van der Waals surface area contributed by atoms with Crippen LogP contribution < -0.4 is 22.3 Å². The second-order valence-electron chi connectivity index (χ2n) is 10.1. The van der Waals surface area contributed by atoms with Crippen LogP contribution in [0.3, 0.4) is 0 Å². The highest BCUT2D eigenvalue weighted by molar-refractivity contribution is 6.31. The van der Waals surface area contributed by atoms with Crippen LogP contribution >= 0.6 is 11.6 Å². The molecule has 0 bridgehead atoms. The van der Waals surface area contributed by atoms with Crippen molar-refractivity contribution in [1.82, 2.24) is 23.2 Å². The van der Waals surface area contributed by atoms with E-state index in [2.05, 4.69) is 5.32 Å². The number of amides is 2. The van der Waals surface area contributed by atoms with Gasteiger partial charge in [-0.1, -0.05) is 11.6 Å². The lowest BCUT2D eigenvalue weighted by Crippen LogP contribution is -2.46. The number of aryl methyl sites for hydroxylation is 3. The minimum atomic E-state index is -0.770. The van der Waals surface area contributed by atoms with Gasteiger partial charge < -0.3 is 15.3 Å². The number of carbonyl (C=O) groups excluding carboxylic acids is 2. The van der Waals surface area contributed by atoms with E-state index >= 15 is 0 Å². The van der Waals surface area contributed by atoms with Gasteiger partial charge in [-0.05, 0) is 57.0 Å². The second kappa shape index (κ2) is 11.0. The number of halogens is 1. The molecule has 0 spiro atoms. The van der Waals surface area contributed by atoms with Crippen molar-refractivity contribution >= 4 is 51.0 Å². The van der Waals surface area contributed by atoms with E-state index in [-0.39, 0.29) is 35.9 Å². The third-order valence-electron chi connectivity index (χ3n) is 7.82. The molecule has 2 aromatic heterocycles. The molecule has 216 valence electrons. The highest BCUT2D eigenvalue weighted by Gasteiger charge is 2.29. The zero-order valence-electron chi connectivity index (χ0n) is 23.0. The Labute approximate surface area is 239 Å². The first-order chi connectivity index (χ1) is 19.6. The van der Waals surface area contributed by atoms with E-state index in [4.69, 9.17) is 11.6 Å². The van der Waals surface area contributed by atoms with Crippen LogP contribution in [0.1, 0.15) is 43.1 Å². The molecule has 0 unspecified atom stereocenters. The summed E-state index contributed by atoms with van der Waals surface area (Å²) < 4.78 is 5.79. The summed E-state index contributed by atoms with van der Waals surface area (Å²) in [6.07, 6.45) is 0.721. The van der Waals surface area contributed by atoms with Gasteiger partial charge in [-0.25, -0.2) is 9.59 Å². The first kappa shape index (κ1) is 28.4. The van der Waals surface area contributed by atoms with Crippen LogP contribution in [0.5, 0.6) is 0 Å². The van der Waals surface area contributed by atoms with Crippen molar-refractivity contribution < 1.29 is 14.7 Å². The van der Waals surface area contributed by atoms with E-state index in [0.29, 0.717) is 52.9 Å². The Hall–Kier alpha value is -4.16. The molecule has 13 heteroatoms. The first-order valence-corrected chi connectivity index (χ1v) is 13.9. The Kier molecular flexibility index (Phi) is 7.62. The van der Waals surface area contributed by atoms with Crippen LogP contribution in [0.15, 0.2) is 44.7 Å². The molecule has 3 heterocycles. The predicted molar refractivity (Wildman–Crippen MR) is 156 cm³/mol. The molecule has 1 aliphatic rings. The summed E-state index contributed by atoms with van der Waals surface area (Å²) >= 11 is 6.12. The van der Waals surface area contributed by atoms with E-state index in [1.54, 1.807) is 51.4 Å². The molecule has 2 aromatic carbocycles. The zero-order chi connectivity index (χ0) is 29.6.